The lowest BCUT2D eigenvalue weighted by Gasteiger charge is -2.15. The summed E-state index contributed by atoms with van der Waals surface area (Å²) in [6.45, 7) is 0. The molecule has 0 aliphatic heterocycles. The number of nitrogens with zero attached hydrogens (tertiary/aromatic N) is 1. The topological polar surface area (TPSA) is 67.4 Å². The first-order valence-electron chi connectivity index (χ1n) is 5.63. The highest BCUT2D eigenvalue weighted by atomic mass is 16.5. The summed E-state index contributed by atoms with van der Waals surface area (Å²) >= 11 is 0. The van der Waals surface area contributed by atoms with Crippen LogP contribution in [0.15, 0.2) is 30.6 Å². The van der Waals surface area contributed by atoms with Crippen molar-refractivity contribution in [1.82, 2.24) is 9.97 Å². The van der Waals surface area contributed by atoms with Crippen molar-refractivity contribution in [2.24, 2.45) is 0 Å². The molecule has 1 atom stereocenters. The zero-order chi connectivity index (χ0) is 13.0. The number of aliphatic hydroxyl groups excluding tert-OH is 1. The Morgan fingerprint density at radius 1 is 1.33 bits per heavy atom. The van der Waals surface area contributed by atoms with Crippen LogP contribution < -0.4 is 9.47 Å². The quantitative estimate of drug-likeness (QED) is 0.845. The van der Waals surface area contributed by atoms with Crippen LogP contribution in [-0.4, -0.2) is 29.3 Å². The van der Waals surface area contributed by atoms with E-state index in [1.54, 1.807) is 44.8 Å². The number of rotatable bonds is 5. The molecule has 0 fully saturated rings. The van der Waals surface area contributed by atoms with E-state index in [2.05, 4.69) is 9.97 Å². The fourth-order valence-electron chi connectivity index (χ4n) is 1.80. The second-order valence-corrected chi connectivity index (χ2v) is 3.86. The van der Waals surface area contributed by atoms with Crippen LogP contribution in [0.4, 0.5) is 0 Å². The van der Waals surface area contributed by atoms with Crippen molar-refractivity contribution in [2.45, 2.75) is 12.5 Å². The van der Waals surface area contributed by atoms with E-state index < -0.39 is 6.10 Å². The van der Waals surface area contributed by atoms with Crippen molar-refractivity contribution in [3.8, 4) is 11.5 Å². The number of aromatic amines is 1. The Bertz CT molecular complexity index is 497. The summed E-state index contributed by atoms with van der Waals surface area (Å²) in [5.41, 5.74) is 0.688. The summed E-state index contributed by atoms with van der Waals surface area (Å²) in [7, 11) is 3.16. The monoisotopic (exact) mass is 248 g/mol. The van der Waals surface area contributed by atoms with Gasteiger partial charge in [0.2, 0.25) is 0 Å². The van der Waals surface area contributed by atoms with Crippen LogP contribution in [0.1, 0.15) is 17.5 Å². The average Bonchev–Trinajstić information content (AvgIpc) is 2.90. The number of benzene rings is 1. The summed E-state index contributed by atoms with van der Waals surface area (Å²) in [6.07, 6.45) is 3.09. The number of imidazole rings is 1. The van der Waals surface area contributed by atoms with Gasteiger partial charge in [-0.25, -0.2) is 4.98 Å². The van der Waals surface area contributed by atoms with E-state index in [0.717, 1.165) is 5.82 Å². The van der Waals surface area contributed by atoms with Gasteiger partial charge >= 0.3 is 0 Å². The normalized spacial score (nSPS) is 12.2. The molecule has 5 heteroatoms. The largest absolute Gasteiger partial charge is 0.497 e. The molecule has 0 aliphatic rings. The van der Waals surface area contributed by atoms with Crippen LogP contribution in [0.25, 0.3) is 0 Å². The Morgan fingerprint density at radius 3 is 2.78 bits per heavy atom. The summed E-state index contributed by atoms with van der Waals surface area (Å²) in [5.74, 6) is 2.05. The third-order valence-corrected chi connectivity index (χ3v) is 2.74. The molecular weight excluding hydrogens is 232 g/mol. The van der Waals surface area contributed by atoms with Gasteiger partial charge in [0.15, 0.2) is 0 Å². The highest BCUT2D eigenvalue weighted by Gasteiger charge is 2.16. The molecule has 0 saturated heterocycles. The standard InChI is InChI=1S/C13H16N2O3/c1-17-9-3-4-12(18-2)10(7-9)11(16)8-13-14-5-6-15-13/h3-7,11,16H,8H2,1-2H3,(H,14,15). The molecule has 0 aliphatic carbocycles. The van der Waals surface area contributed by atoms with Gasteiger partial charge in [0, 0.05) is 24.4 Å². The first-order valence-corrected chi connectivity index (χ1v) is 5.63. The molecule has 0 radical (unpaired) electrons. The lowest BCUT2D eigenvalue weighted by atomic mass is 10.0. The van der Waals surface area contributed by atoms with Crippen LogP contribution in [0, 0.1) is 0 Å². The lowest BCUT2D eigenvalue weighted by molar-refractivity contribution is 0.171. The third kappa shape index (κ3) is 2.62. The minimum atomic E-state index is -0.693. The van der Waals surface area contributed by atoms with Crippen LogP contribution in [-0.2, 0) is 6.42 Å². The third-order valence-electron chi connectivity index (χ3n) is 2.74. The molecule has 2 aromatic rings. The molecule has 18 heavy (non-hydrogen) atoms. The van der Waals surface area contributed by atoms with Crippen molar-refractivity contribution in [2.75, 3.05) is 14.2 Å². The Kier molecular flexibility index (Phi) is 3.84. The minimum Gasteiger partial charge on any atom is -0.497 e. The number of ether oxygens (including phenoxy) is 2. The van der Waals surface area contributed by atoms with Gasteiger partial charge in [-0.15, -0.1) is 0 Å². The number of nitrogens with one attached hydrogen (secondary N) is 1. The Balaban J connectivity index is 2.24. The molecule has 0 saturated carbocycles. The maximum Gasteiger partial charge on any atom is 0.124 e. The van der Waals surface area contributed by atoms with Gasteiger partial charge < -0.3 is 19.6 Å². The molecule has 2 rings (SSSR count). The van der Waals surface area contributed by atoms with Gasteiger partial charge in [-0.3, -0.25) is 0 Å². The Hall–Kier alpha value is -2.01. The van der Waals surface area contributed by atoms with E-state index in [0.29, 0.717) is 23.5 Å². The molecule has 1 unspecified atom stereocenters. The lowest BCUT2D eigenvalue weighted by Crippen LogP contribution is -2.05. The van der Waals surface area contributed by atoms with Gasteiger partial charge in [-0.05, 0) is 18.2 Å². The first kappa shape index (κ1) is 12.4. The fraction of sp³-hybridized carbons (Fsp3) is 0.308. The molecule has 5 nitrogen and oxygen atoms in total. The van der Waals surface area contributed by atoms with E-state index in [1.807, 2.05) is 0 Å². The second-order valence-electron chi connectivity index (χ2n) is 3.86. The molecule has 0 amide bonds. The molecule has 0 bridgehead atoms. The number of aliphatic hydroxyl groups is 1. The Morgan fingerprint density at radius 2 is 2.17 bits per heavy atom. The number of aromatic nitrogens is 2. The van der Waals surface area contributed by atoms with E-state index in [4.69, 9.17) is 9.47 Å². The van der Waals surface area contributed by atoms with Crippen LogP contribution >= 0.6 is 0 Å². The Labute approximate surface area is 105 Å². The maximum absolute atomic E-state index is 10.2. The number of methoxy groups -OCH3 is 2. The summed E-state index contributed by atoms with van der Waals surface area (Å²) in [5, 5.41) is 10.2. The highest BCUT2D eigenvalue weighted by Crippen LogP contribution is 2.30. The van der Waals surface area contributed by atoms with E-state index in [9.17, 15) is 5.11 Å². The molecule has 96 valence electrons. The maximum atomic E-state index is 10.2. The van der Waals surface area contributed by atoms with Crippen LogP contribution in [0.5, 0.6) is 11.5 Å². The molecule has 1 aromatic carbocycles. The SMILES string of the molecule is COc1ccc(OC)c(C(O)Cc2ncc[nH]2)c1. The summed E-state index contributed by atoms with van der Waals surface area (Å²) in [4.78, 5) is 7.05. The van der Waals surface area contributed by atoms with Gasteiger partial charge in [-0.1, -0.05) is 0 Å². The average molecular weight is 248 g/mol. The van der Waals surface area contributed by atoms with Crippen LogP contribution in [0.3, 0.4) is 0 Å². The van der Waals surface area contributed by atoms with E-state index in [1.165, 1.54) is 0 Å². The van der Waals surface area contributed by atoms with Crippen molar-refractivity contribution in [3.63, 3.8) is 0 Å². The molecule has 1 aromatic heterocycles. The number of hydrogen-bond acceptors (Lipinski definition) is 4. The highest BCUT2D eigenvalue weighted by molar-refractivity contribution is 5.41. The minimum absolute atomic E-state index is 0.399. The molecule has 0 spiro atoms. The fourth-order valence-corrected chi connectivity index (χ4v) is 1.80. The predicted molar refractivity (Wildman–Crippen MR) is 66.8 cm³/mol. The van der Waals surface area contributed by atoms with Gasteiger partial charge in [-0.2, -0.15) is 0 Å². The van der Waals surface area contributed by atoms with Crippen molar-refractivity contribution in [1.29, 1.82) is 0 Å². The van der Waals surface area contributed by atoms with Gasteiger partial charge in [0.1, 0.15) is 17.3 Å². The molecule has 1 heterocycles. The number of H-pyrrole nitrogens is 1. The zero-order valence-corrected chi connectivity index (χ0v) is 10.4. The van der Waals surface area contributed by atoms with E-state index in [-0.39, 0.29) is 0 Å². The van der Waals surface area contributed by atoms with Crippen molar-refractivity contribution >= 4 is 0 Å². The zero-order valence-electron chi connectivity index (χ0n) is 10.4. The van der Waals surface area contributed by atoms with Gasteiger partial charge in [0.25, 0.3) is 0 Å². The number of hydrogen-bond donors (Lipinski definition) is 2. The molecule has 2 N–H and O–H groups in total. The van der Waals surface area contributed by atoms with Crippen LogP contribution in [0.2, 0.25) is 0 Å². The second kappa shape index (κ2) is 5.55. The predicted octanol–water partition coefficient (Wildman–Crippen LogP) is 1.70. The van der Waals surface area contributed by atoms with Crippen molar-refractivity contribution in [3.05, 3.63) is 42.0 Å². The summed E-state index contributed by atoms with van der Waals surface area (Å²) < 4.78 is 10.4. The smallest absolute Gasteiger partial charge is 0.124 e. The van der Waals surface area contributed by atoms with E-state index >= 15 is 0 Å². The molecular formula is C13H16N2O3. The summed E-state index contributed by atoms with van der Waals surface area (Å²) in [6, 6.07) is 5.34. The van der Waals surface area contributed by atoms with Crippen molar-refractivity contribution < 1.29 is 14.6 Å². The first-order chi connectivity index (χ1) is 8.74. The van der Waals surface area contributed by atoms with Gasteiger partial charge in [0.05, 0.1) is 20.3 Å².